The molecule has 2 aromatic rings. The van der Waals surface area contributed by atoms with Gasteiger partial charge in [0, 0.05) is 13.1 Å². The number of likely N-dealkylation sites (tertiary alicyclic amines) is 1. The number of nitrogens with one attached hydrogen (secondary N) is 1. The molecule has 1 fully saturated rings. The molecule has 1 heterocycles. The quantitative estimate of drug-likeness (QED) is 0.689. The highest BCUT2D eigenvalue weighted by Crippen LogP contribution is 2.38. The lowest BCUT2D eigenvalue weighted by molar-refractivity contribution is -0.139. The van der Waals surface area contributed by atoms with Crippen molar-refractivity contribution >= 4 is 21.9 Å². The summed E-state index contributed by atoms with van der Waals surface area (Å²) in [5, 5.41) is 0. The number of para-hydroxylation sites is 1. The van der Waals surface area contributed by atoms with Gasteiger partial charge in [0.15, 0.2) is 0 Å². The van der Waals surface area contributed by atoms with Crippen molar-refractivity contribution in [3.05, 3.63) is 65.2 Å². The molecule has 0 spiro atoms. The van der Waals surface area contributed by atoms with E-state index >= 15 is 0 Å². The van der Waals surface area contributed by atoms with Crippen molar-refractivity contribution in [1.29, 1.82) is 0 Å². The van der Waals surface area contributed by atoms with Crippen LogP contribution in [0, 0.1) is 0 Å². The summed E-state index contributed by atoms with van der Waals surface area (Å²) < 4.78 is 72.9. The fraction of sp³-hybridized carbons (Fsp3) is 0.350. The van der Waals surface area contributed by atoms with E-state index < -0.39 is 22.0 Å². The minimum atomic E-state index is -4.48. The smallest absolute Gasteiger partial charge is 0.342 e. The highest BCUT2D eigenvalue weighted by molar-refractivity contribution is 7.87. The summed E-state index contributed by atoms with van der Waals surface area (Å²) in [6.07, 6.45) is -3.71. The van der Waals surface area contributed by atoms with E-state index in [1.165, 1.54) is 18.2 Å². The van der Waals surface area contributed by atoms with Gasteiger partial charge in [0.2, 0.25) is 5.91 Å². The van der Waals surface area contributed by atoms with Crippen LogP contribution < -0.4 is 4.72 Å². The molecule has 30 heavy (non-hydrogen) atoms. The van der Waals surface area contributed by atoms with Crippen LogP contribution in [0.25, 0.3) is 0 Å². The fourth-order valence-corrected chi connectivity index (χ4v) is 4.22. The first-order valence-corrected chi connectivity index (χ1v) is 10.8. The maximum atomic E-state index is 13.3. The average Bonchev–Trinajstić information content (AvgIpc) is 2.68. The molecule has 0 atom stereocenters. The number of rotatable bonds is 5. The van der Waals surface area contributed by atoms with Crippen LogP contribution in [0.1, 0.15) is 35.4 Å². The zero-order valence-electron chi connectivity index (χ0n) is 15.9. The molecule has 2 N–H and O–H groups in total. The molecule has 0 unspecified atom stereocenters. The number of carbonyl (C=O) groups excluding carboxylic acids is 1. The Morgan fingerprint density at radius 3 is 2.30 bits per heavy atom. The lowest BCUT2D eigenvalue weighted by atomic mass is 9.86. The molecule has 0 saturated carbocycles. The van der Waals surface area contributed by atoms with Crippen LogP contribution in [0.4, 0.5) is 18.9 Å². The number of anilines is 1. The number of amides is 1. The molecule has 10 heteroatoms. The van der Waals surface area contributed by atoms with E-state index in [1.54, 1.807) is 29.2 Å². The molecule has 0 aromatic heterocycles. The van der Waals surface area contributed by atoms with E-state index in [0.717, 1.165) is 6.07 Å². The van der Waals surface area contributed by atoms with E-state index in [4.69, 9.17) is 4.55 Å². The van der Waals surface area contributed by atoms with Crippen molar-refractivity contribution in [2.75, 3.05) is 17.8 Å². The van der Waals surface area contributed by atoms with Gasteiger partial charge in [0.25, 0.3) is 0 Å². The molecule has 3 rings (SSSR count). The van der Waals surface area contributed by atoms with Crippen LogP contribution in [0.5, 0.6) is 0 Å². The number of benzene rings is 2. The largest absolute Gasteiger partial charge is 0.416 e. The molecule has 162 valence electrons. The first-order valence-electron chi connectivity index (χ1n) is 9.31. The lowest BCUT2D eigenvalue weighted by Gasteiger charge is -2.33. The molecule has 1 amide bonds. The van der Waals surface area contributed by atoms with Crippen molar-refractivity contribution in [2.24, 2.45) is 0 Å². The van der Waals surface area contributed by atoms with Crippen molar-refractivity contribution in [1.82, 2.24) is 4.90 Å². The Balaban J connectivity index is 1.66. The van der Waals surface area contributed by atoms with Crippen LogP contribution >= 0.6 is 0 Å². The first-order chi connectivity index (χ1) is 14.0. The van der Waals surface area contributed by atoms with Gasteiger partial charge in [-0.15, -0.1) is 0 Å². The Labute approximate surface area is 172 Å². The lowest BCUT2D eigenvalue weighted by Crippen LogP contribution is -2.39. The topological polar surface area (TPSA) is 86.7 Å². The number of alkyl halides is 3. The molecule has 0 bridgehead atoms. The Bertz CT molecular complexity index is 1020. The summed E-state index contributed by atoms with van der Waals surface area (Å²) in [6.45, 7) is 0.618. The van der Waals surface area contributed by atoms with Gasteiger partial charge in [-0.25, -0.2) is 0 Å². The van der Waals surface area contributed by atoms with Gasteiger partial charge in [-0.1, -0.05) is 36.4 Å². The fourth-order valence-electron chi connectivity index (χ4n) is 3.74. The molecule has 1 aliphatic heterocycles. The first kappa shape index (κ1) is 22.1. The highest BCUT2D eigenvalue weighted by Gasteiger charge is 2.36. The van der Waals surface area contributed by atoms with E-state index in [9.17, 15) is 26.4 Å². The van der Waals surface area contributed by atoms with Crippen molar-refractivity contribution < 1.29 is 30.9 Å². The number of nitrogens with zero attached hydrogens (tertiary/aromatic N) is 1. The van der Waals surface area contributed by atoms with E-state index in [1.807, 2.05) is 4.72 Å². The summed E-state index contributed by atoms with van der Waals surface area (Å²) in [5.74, 6) is -0.553. The molecule has 1 saturated heterocycles. The second kappa shape index (κ2) is 8.65. The minimum absolute atomic E-state index is 0.0947. The van der Waals surface area contributed by atoms with Crippen molar-refractivity contribution in [2.45, 2.75) is 31.4 Å². The summed E-state index contributed by atoms with van der Waals surface area (Å²) in [5.41, 5.74) is 0.104. The van der Waals surface area contributed by atoms with Crippen molar-refractivity contribution in [3.8, 4) is 0 Å². The highest BCUT2D eigenvalue weighted by atomic mass is 32.2. The van der Waals surface area contributed by atoms with Crippen LogP contribution in [0.15, 0.2) is 48.5 Å². The number of halogens is 3. The van der Waals surface area contributed by atoms with Gasteiger partial charge in [0.1, 0.15) is 0 Å². The maximum absolute atomic E-state index is 13.3. The van der Waals surface area contributed by atoms with Gasteiger partial charge >= 0.3 is 16.5 Å². The van der Waals surface area contributed by atoms with Crippen LogP contribution in [-0.2, 0) is 27.7 Å². The summed E-state index contributed by atoms with van der Waals surface area (Å²) in [6, 6.07) is 11.7. The normalized spacial score (nSPS) is 15.8. The van der Waals surface area contributed by atoms with E-state index in [0.29, 0.717) is 31.5 Å². The second-order valence-corrected chi connectivity index (χ2v) is 8.31. The Morgan fingerprint density at radius 2 is 1.67 bits per heavy atom. The molecule has 6 nitrogen and oxygen atoms in total. The van der Waals surface area contributed by atoms with E-state index in [-0.39, 0.29) is 29.5 Å². The number of piperidine rings is 1. The average molecular weight is 442 g/mol. The van der Waals surface area contributed by atoms with E-state index in [2.05, 4.69) is 0 Å². The third-order valence-corrected chi connectivity index (χ3v) is 5.63. The summed E-state index contributed by atoms with van der Waals surface area (Å²) in [4.78, 5) is 14.2. The summed E-state index contributed by atoms with van der Waals surface area (Å²) >= 11 is 0. The van der Waals surface area contributed by atoms with Gasteiger partial charge in [-0.3, -0.25) is 14.1 Å². The maximum Gasteiger partial charge on any atom is 0.416 e. The van der Waals surface area contributed by atoms with Crippen molar-refractivity contribution in [3.63, 3.8) is 0 Å². The monoisotopic (exact) mass is 442 g/mol. The number of hydrogen-bond acceptors (Lipinski definition) is 3. The predicted molar refractivity (Wildman–Crippen MR) is 105 cm³/mol. The third-order valence-electron chi connectivity index (χ3n) is 5.15. The summed E-state index contributed by atoms with van der Waals surface area (Å²) in [7, 11) is -4.48. The number of carbonyl (C=O) groups is 1. The SMILES string of the molecule is O=C(Cc1ccccc1NS(=O)(=O)O)N1CCC(c2ccccc2C(F)(F)F)CC1. The van der Waals surface area contributed by atoms with Gasteiger partial charge in [-0.2, -0.15) is 21.6 Å². The molecule has 1 aliphatic rings. The molecule has 2 aromatic carbocycles. The van der Waals surface area contributed by atoms with Gasteiger partial charge in [-0.05, 0) is 42.0 Å². The minimum Gasteiger partial charge on any atom is -0.342 e. The third kappa shape index (κ3) is 5.51. The standard InChI is InChI=1S/C20H21F3N2O4S/c21-20(22,23)17-7-3-2-6-16(17)14-9-11-25(12-10-14)19(26)13-15-5-1-4-8-18(15)24-30(27,28)29/h1-8,14,24H,9-13H2,(H,27,28,29). The number of hydrogen-bond donors (Lipinski definition) is 2. The van der Waals surface area contributed by atoms with Crippen LogP contribution in [0.3, 0.4) is 0 Å². The van der Waals surface area contributed by atoms with Gasteiger partial charge in [0.05, 0.1) is 17.7 Å². The zero-order chi connectivity index (χ0) is 21.9. The Morgan fingerprint density at radius 1 is 1.07 bits per heavy atom. The molecular weight excluding hydrogens is 421 g/mol. The van der Waals surface area contributed by atoms with Crippen LogP contribution in [-0.4, -0.2) is 36.9 Å². The molecular formula is C20H21F3N2O4S. The molecule has 0 radical (unpaired) electrons. The van der Waals surface area contributed by atoms with Crippen LogP contribution in [0.2, 0.25) is 0 Å². The molecule has 0 aliphatic carbocycles. The predicted octanol–water partition coefficient (Wildman–Crippen LogP) is 3.87. The van der Waals surface area contributed by atoms with Gasteiger partial charge < -0.3 is 4.90 Å². The zero-order valence-corrected chi connectivity index (χ0v) is 16.7. The second-order valence-electron chi connectivity index (χ2n) is 7.15. The Hall–Kier alpha value is -2.59. The Kier molecular flexibility index (Phi) is 6.37.